The molecule has 2 N–H and O–H groups in total. The molecule has 1 atom stereocenters. The van der Waals surface area contributed by atoms with Crippen LogP contribution in [0.5, 0.6) is 0 Å². The molecule has 1 unspecified atom stereocenters. The van der Waals surface area contributed by atoms with Crippen LogP contribution >= 0.6 is 0 Å². The van der Waals surface area contributed by atoms with Crippen molar-refractivity contribution in [3.8, 4) is 0 Å². The normalized spacial score (nSPS) is 17.8. The van der Waals surface area contributed by atoms with Gasteiger partial charge in [-0.25, -0.2) is 4.79 Å². The van der Waals surface area contributed by atoms with Gasteiger partial charge in [-0.05, 0) is 38.8 Å². The van der Waals surface area contributed by atoms with E-state index < -0.39 is 11.4 Å². The van der Waals surface area contributed by atoms with Crippen LogP contribution in [0.25, 0.3) is 0 Å². The van der Waals surface area contributed by atoms with Crippen molar-refractivity contribution in [2.75, 3.05) is 11.4 Å². The van der Waals surface area contributed by atoms with E-state index in [0.29, 0.717) is 0 Å². The van der Waals surface area contributed by atoms with Gasteiger partial charge in [-0.1, -0.05) is 18.2 Å². The van der Waals surface area contributed by atoms with Crippen molar-refractivity contribution in [3.63, 3.8) is 0 Å². The number of para-hydroxylation sites is 1. The average molecular weight is 276 g/mol. The standard InChI is InChI=1S/C15H20N2O3/c1-10-8-11-6-4-5-7-12(11)17(10)14(20)16-9-15(2,3)13(18)19/h4-7,10H,8-9H2,1-3H3,(H,16,20)(H,18,19). The molecule has 0 saturated heterocycles. The zero-order chi connectivity index (χ0) is 14.9. The molecule has 1 aliphatic rings. The second-order valence-corrected chi connectivity index (χ2v) is 5.90. The highest BCUT2D eigenvalue weighted by Gasteiger charge is 2.33. The van der Waals surface area contributed by atoms with Crippen molar-refractivity contribution in [1.29, 1.82) is 0 Å². The number of hydrogen-bond donors (Lipinski definition) is 2. The van der Waals surface area contributed by atoms with Crippen molar-refractivity contribution in [3.05, 3.63) is 29.8 Å². The molecule has 0 spiro atoms. The molecule has 108 valence electrons. The Morgan fingerprint density at radius 1 is 1.40 bits per heavy atom. The number of carbonyl (C=O) groups is 2. The second kappa shape index (κ2) is 5.15. The zero-order valence-corrected chi connectivity index (χ0v) is 12.0. The Balaban J connectivity index is 2.09. The van der Waals surface area contributed by atoms with E-state index in [1.54, 1.807) is 18.7 Å². The minimum absolute atomic E-state index is 0.0836. The molecule has 0 saturated carbocycles. The number of fused-ring (bicyclic) bond motifs is 1. The van der Waals surface area contributed by atoms with Gasteiger partial charge in [0.15, 0.2) is 0 Å². The lowest BCUT2D eigenvalue weighted by Crippen LogP contribution is -2.47. The number of carboxylic acids is 1. The van der Waals surface area contributed by atoms with E-state index in [1.807, 2.05) is 31.2 Å². The van der Waals surface area contributed by atoms with Crippen molar-refractivity contribution in [1.82, 2.24) is 5.32 Å². The van der Waals surface area contributed by atoms with Gasteiger partial charge < -0.3 is 10.4 Å². The Hall–Kier alpha value is -2.04. The SMILES string of the molecule is CC1Cc2ccccc2N1C(=O)NCC(C)(C)C(=O)O. The number of urea groups is 1. The molecule has 0 aliphatic carbocycles. The van der Waals surface area contributed by atoms with E-state index in [0.717, 1.165) is 17.7 Å². The van der Waals surface area contributed by atoms with Gasteiger partial charge in [0.2, 0.25) is 0 Å². The van der Waals surface area contributed by atoms with Gasteiger partial charge >= 0.3 is 12.0 Å². The lowest BCUT2D eigenvalue weighted by atomic mass is 9.94. The summed E-state index contributed by atoms with van der Waals surface area (Å²) >= 11 is 0. The first-order chi connectivity index (χ1) is 9.33. The monoisotopic (exact) mass is 276 g/mol. The van der Waals surface area contributed by atoms with Crippen LogP contribution in [0, 0.1) is 5.41 Å². The maximum atomic E-state index is 12.3. The van der Waals surface area contributed by atoms with Crippen molar-refractivity contribution in [2.24, 2.45) is 5.41 Å². The Labute approximate surface area is 118 Å². The van der Waals surface area contributed by atoms with Crippen LogP contribution in [-0.4, -0.2) is 29.7 Å². The van der Waals surface area contributed by atoms with E-state index in [1.165, 1.54) is 0 Å². The number of rotatable bonds is 3. The summed E-state index contributed by atoms with van der Waals surface area (Å²) in [5, 5.41) is 11.8. The summed E-state index contributed by atoms with van der Waals surface area (Å²) in [4.78, 5) is 25.1. The lowest BCUT2D eigenvalue weighted by Gasteiger charge is -2.26. The maximum Gasteiger partial charge on any atom is 0.322 e. The summed E-state index contributed by atoms with van der Waals surface area (Å²) in [7, 11) is 0. The predicted octanol–water partition coefficient (Wildman–Crippen LogP) is 2.26. The Kier molecular flexibility index (Phi) is 3.70. The maximum absolute atomic E-state index is 12.3. The molecule has 1 heterocycles. The van der Waals surface area contributed by atoms with Gasteiger partial charge in [0, 0.05) is 18.3 Å². The number of amides is 2. The van der Waals surface area contributed by atoms with Gasteiger partial charge in [-0.15, -0.1) is 0 Å². The zero-order valence-electron chi connectivity index (χ0n) is 12.0. The summed E-state index contributed by atoms with van der Waals surface area (Å²) in [5.74, 6) is -0.923. The van der Waals surface area contributed by atoms with Crippen LogP contribution in [0.3, 0.4) is 0 Å². The number of nitrogens with zero attached hydrogens (tertiary/aromatic N) is 1. The van der Waals surface area contributed by atoms with Crippen LogP contribution in [0.4, 0.5) is 10.5 Å². The topological polar surface area (TPSA) is 69.6 Å². The molecule has 1 aliphatic heterocycles. The molecule has 2 amide bonds. The molecule has 20 heavy (non-hydrogen) atoms. The number of carbonyl (C=O) groups excluding carboxylic acids is 1. The molecule has 0 radical (unpaired) electrons. The van der Waals surface area contributed by atoms with Crippen LogP contribution in [0.2, 0.25) is 0 Å². The molecule has 5 heteroatoms. The van der Waals surface area contributed by atoms with E-state index in [-0.39, 0.29) is 18.6 Å². The first-order valence-corrected chi connectivity index (χ1v) is 6.71. The quantitative estimate of drug-likeness (QED) is 0.889. The van der Waals surface area contributed by atoms with Gasteiger partial charge in [0.1, 0.15) is 0 Å². The number of nitrogens with one attached hydrogen (secondary N) is 1. The Bertz CT molecular complexity index is 540. The van der Waals surface area contributed by atoms with Crippen LogP contribution in [0.1, 0.15) is 26.3 Å². The summed E-state index contributed by atoms with van der Waals surface area (Å²) in [5.41, 5.74) is 1.08. The lowest BCUT2D eigenvalue weighted by molar-refractivity contribution is -0.146. The number of aliphatic carboxylic acids is 1. The van der Waals surface area contributed by atoms with E-state index in [9.17, 15) is 9.59 Å². The molecule has 1 aromatic carbocycles. The fraction of sp³-hybridized carbons (Fsp3) is 0.467. The van der Waals surface area contributed by atoms with Gasteiger partial charge in [0.25, 0.3) is 0 Å². The molecule has 0 aromatic heterocycles. The van der Waals surface area contributed by atoms with Crippen LogP contribution in [-0.2, 0) is 11.2 Å². The van der Waals surface area contributed by atoms with Crippen molar-refractivity contribution in [2.45, 2.75) is 33.2 Å². The van der Waals surface area contributed by atoms with Gasteiger partial charge in [-0.3, -0.25) is 9.69 Å². The Morgan fingerprint density at radius 2 is 2.05 bits per heavy atom. The highest BCUT2D eigenvalue weighted by atomic mass is 16.4. The third-order valence-corrected chi connectivity index (χ3v) is 3.69. The van der Waals surface area contributed by atoms with Gasteiger partial charge in [-0.2, -0.15) is 0 Å². The molecular formula is C15H20N2O3. The molecule has 0 bridgehead atoms. The smallest absolute Gasteiger partial charge is 0.322 e. The fourth-order valence-electron chi connectivity index (χ4n) is 2.33. The minimum Gasteiger partial charge on any atom is -0.481 e. The number of carboxylic acid groups (broad SMARTS) is 1. The third-order valence-electron chi connectivity index (χ3n) is 3.69. The molecule has 1 aromatic rings. The summed E-state index contributed by atoms with van der Waals surface area (Å²) < 4.78 is 0. The second-order valence-electron chi connectivity index (χ2n) is 5.90. The molecule has 5 nitrogen and oxygen atoms in total. The third kappa shape index (κ3) is 2.61. The highest BCUT2D eigenvalue weighted by Crippen LogP contribution is 2.31. The fourth-order valence-corrected chi connectivity index (χ4v) is 2.33. The summed E-state index contributed by atoms with van der Waals surface area (Å²) in [6.07, 6.45) is 0.825. The largest absolute Gasteiger partial charge is 0.481 e. The van der Waals surface area contributed by atoms with E-state index in [2.05, 4.69) is 5.32 Å². The summed E-state index contributed by atoms with van der Waals surface area (Å²) in [6, 6.07) is 7.64. The van der Waals surface area contributed by atoms with Crippen LogP contribution < -0.4 is 10.2 Å². The van der Waals surface area contributed by atoms with E-state index >= 15 is 0 Å². The van der Waals surface area contributed by atoms with Gasteiger partial charge in [0.05, 0.1) is 5.41 Å². The van der Waals surface area contributed by atoms with Crippen molar-refractivity contribution < 1.29 is 14.7 Å². The first kappa shape index (κ1) is 14.4. The molecular weight excluding hydrogens is 256 g/mol. The molecule has 2 rings (SSSR count). The Morgan fingerprint density at radius 3 is 2.70 bits per heavy atom. The number of benzene rings is 1. The minimum atomic E-state index is -0.974. The average Bonchev–Trinajstić information content (AvgIpc) is 2.71. The molecule has 0 fully saturated rings. The first-order valence-electron chi connectivity index (χ1n) is 6.71. The number of hydrogen-bond acceptors (Lipinski definition) is 2. The highest BCUT2D eigenvalue weighted by molar-refractivity contribution is 5.95. The van der Waals surface area contributed by atoms with Crippen LogP contribution in [0.15, 0.2) is 24.3 Å². The predicted molar refractivity (Wildman–Crippen MR) is 76.9 cm³/mol. The summed E-state index contributed by atoms with van der Waals surface area (Å²) in [6.45, 7) is 5.28. The number of anilines is 1. The van der Waals surface area contributed by atoms with E-state index in [4.69, 9.17) is 5.11 Å². The van der Waals surface area contributed by atoms with Crippen molar-refractivity contribution >= 4 is 17.7 Å².